The molecule has 0 saturated carbocycles. The van der Waals surface area contributed by atoms with E-state index >= 15 is 0 Å². The summed E-state index contributed by atoms with van der Waals surface area (Å²) in [6.45, 7) is 1.06. The fourth-order valence-electron chi connectivity index (χ4n) is 3.58. The molecule has 0 spiro atoms. The Labute approximate surface area is 231 Å². The number of carbonyl (C=O) groups excluding carboxylic acids is 2. The van der Waals surface area contributed by atoms with Crippen molar-refractivity contribution in [1.82, 2.24) is 0 Å². The third-order valence-electron chi connectivity index (χ3n) is 5.63. The zero-order valence-corrected chi connectivity index (χ0v) is 24.2. The number of rotatable bonds is 17. The topological polar surface area (TPSA) is 52.6 Å². The summed E-state index contributed by atoms with van der Waals surface area (Å²) in [6, 6.07) is 16.5. The predicted molar refractivity (Wildman–Crippen MR) is 154 cm³/mol. The third kappa shape index (κ3) is 14.3. The van der Waals surface area contributed by atoms with E-state index in [1.807, 2.05) is 0 Å². The van der Waals surface area contributed by atoms with Gasteiger partial charge in [0, 0.05) is 20.0 Å². The number of halogens is 2. The van der Waals surface area contributed by atoms with Crippen LogP contribution in [0.2, 0.25) is 0 Å². The van der Waals surface area contributed by atoms with Gasteiger partial charge in [-0.15, -0.1) is 0 Å². The normalized spacial score (nSPS) is 10.8. The van der Waals surface area contributed by atoms with E-state index in [2.05, 4.69) is 93.7 Å². The Morgan fingerprint density at radius 1 is 0.529 bits per heavy atom. The molecule has 6 heteroatoms. The number of hydrogen-bond donors (Lipinski definition) is 0. The quantitative estimate of drug-likeness (QED) is 0.0972. The van der Waals surface area contributed by atoms with Gasteiger partial charge in [0.2, 0.25) is 0 Å². The van der Waals surface area contributed by atoms with Crippen LogP contribution in [0.3, 0.4) is 0 Å². The predicted octanol–water partition coefficient (Wildman–Crippen LogP) is 7.67. The zero-order chi connectivity index (χ0) is 24.4. The van der Waals surface area contributed by atoms with Crippen LogP contribution in [0, 0.1) is 7.14 Å². The largest absolute Gasteiger partial charge is 0.466 e. The first-order valence-electron chi connectivity index (χ1n) is 12.3. The summed E-state index contributed by atoms with van der Waals surface area (Å²) in [4.78, 5) is 23.7. The Bertz CT molecular complexity index is 763. The molecule has 0 aromatic heterocycles. The minimum Gasteiger partial charge on any atom is -0.466 e. The average molecular weight is 690 g/mol. The monoisotopic (exact) mass is 690 g/mol. The molecule has 0 unspecified atom stereocenters. The van der Waals surface area contributed by atoms with Crippen molar-refractivity contribution in [3.05, 3.63) is 66.8 Å². The van der Waals surface area contributed by atoms with Crippen molar-refractivity contribution in [3.63, 3.8) is 0 Å². The molecule has 0 amide bonds. The molecule has 0 bridgehead atoms. The number of carbonyl (C=O) groups is 2. The first-order valence-corrected chi connectivity index (χ1v) is 14.5. The van der Waals surface area contributed by atoms with Gasteiger partial charge in [-0.3, -0.25) is 9.59 Å². The van der Waals surface area contributed by atoms with Crippen molar-refractivity contribution in [3.8, 4) is 0 Å². The molecule has 2 aromatic rings. The third-order valence-corrected chi connectivity index (χ3v) is 7.07. The van der Waals surface area contributed by atoms with E-state index < -0.39 is 0 Å². The molecule has 34 heavy (non-hydrogen) atoms. The van der Waals surface area contributed by atoms with Crippen molar-refractivity contribution in [2.24, 2.45) is 0 Å². The Morgan fingerprint density at radius 2 is 0.853 bits per heavy atom. The van der Waals surface area contributed by atoms with E-state index in [0.29, 0.717) is 26.1 Å². The Hall–Kier alpha value is -1.16. The van der Waals surface area contributed by atoms with Crippen LogP contribution in [0.1, 0.15) is 75.3 Å². The van der Waals surface area contributed by atoms with Crippen LogP contribution in [0.4, 0.5) is 0 Å². The van der Waals surface area contributed by atoms with E-state index in [-0.39, 0.29) is 11.9 Å². The summed E-state index contributed by atoms with van der Waals surface area (Å²) < 4.78 is 13.1. The molecule has 4 nitrogen and oxygen atoms in total. The Balaban J connectivity index is 1.33. The van der Waals surface area contributed by atoms with Gasteiger partial charge in [0.05, 0.1) is 13.2 Å². The SMILES string of the molecule is O=C(CCc1ccc(I)cc1)OCCCCCCCCCCOC(=O)CCc1ccc(I)cc1. The summed E-state index contributed by atoms with van der Waals surface area (Å²) in [5.41, 5.74) is 2.35. The molecular formula is C28H36I2O4. The maximum absolute atomic E-state index is 11.8. The van der Waals surface area contributed by atoms with Crippen molar-refractivity contribution in [1.29, 1.82) is 0 Å². The van der Waals surface area contributed by atoms with E-state index in [1.165, 1.54) is 44.0 Å². The lowest BCUT2D eigenvalue weighted by Crippen LogP contribution is -2.07. The van der Waals surface area contributed by atoms with Gasteiger partial charge < -0.3 is 9.47 Å². The number of aryl methyl sites for hydroxylation is 2. The number of hydrogen-bond acceptors (Lipinski definition) is 4. The first kappa shape index (κ1) is 29.1. The highest BCUT2D eigenvalue weighted by Gasteiger charge is 2.05. The molecule has 0 aliphatic carbocycles. The molecule has 0 atom stereocenters. The van der Waals surface area contributed by atoms with Crippen molar-refractivity contribution in [2.45, 2.75) is 77.0 Å². The Morgan fingerprint density at radius 3 is 1.21 bits per heavy atom. The highest BCUT2D eigenvalue weighted by Crippen LogP contribution is 2.12. The molecule has 0 aliphatic heterocycles. The smallest absolute Gasteiger partial charge is 0.306 e. The van der Waals surface area contributed by atoms with Crippen LogP contribution >= 0.6 is 45.2 Å². The molecule has 186 valence electrons. The molecule has 2 rings (SSSR count). The van der Waals surface area contributed by atoms with Crippen LogP contribution < -0.4 is 0 Å². The van der Waals surface area contributed by atoms with Crippen molar-refractivity contribution >= 4 is 57.1 Å². The summed E-state index contributed by atoms with van der Waals surface area (Å²) in [7, 11) is 0. The molecule has 0 heterocycles. The van der Waals surface area contributed by atoms with Gasteiger partial charge in [-0.1, -0.05) is 62.8 Å². The molecule has 0 N–H and O–H groups in total. The van der Waals surface area contributed by atoms with Crippen LogP contribution in [-0.4, -0.2) is 25.2 Å². The van der Waals surface area contributed by atoms with E-state index in [1.54, 1.807) is 0 Å². The average Bonchev–Trinajstić information content (AvgIpc) is 2.84. The maximum Gasteiger partial charge on any atom is 0.306 e. The number of unbranched alkanes of at least 4 members (excludes halogenated alkanes) is 7. The van der Waals surface area contributed by atoms with E-state index in [0.717, 1.165) is 38.5 Å². The van der Waals surface area contributed by atoms with Gasteiger partial charge in [-0.05, 0) is 106 Å². The molecule has 0 aliphatic rings. The number of ether oxygens (including phenoxy) is 2. The summed E-state index contributed by atoms with van der Waals surface area (Å²) in [6.07, 6.45) is 11.2. The number of benzene rings is 2. The number of esters is 2. The standard InChI is InChI=1S/C28H36I2O4/c29-25-15-9-23(10-16-25)13-19-27(31)33-21-7-5-3-1-2-4-6-8-22-34-28(32)20-14-24-11-17-26(30)18-12-24/h9-12,15-18H,1-8,13-14,19-22H2. The van der Waals surface area contributed by atoms with Crippen LogP contribution in [-0.2, 0) is 31.9 Å². The highest BCUT2D eigenvalue weighted by molar-refractivity contribution is 14.1. The molecule has 0 radical (unpaired) electrons. The van der Waals surface area contributed by atoms with Crippen molar-refractivity contribution in [2.75, 3.05) is 13.2 Å². The van der Waals surface area contributed by atoms with Gasteiger partial charge in [0.25, 0.3) is 0 Å². The minimum absolute atomic E-state index is 0.103. The van der Waals surface area contributed by atoms with Gasteiger partial charge >= 0.3 is 11.9 Å². The van der Waals surface area contributed by atoms with Gasteiger partial charge in [-0.25, -0.2) is 0 Å². The zero-order valence-electron chi connectivity index (χ0n) is 19.9. The summed E-state index contributed by atoms with van der Waals surface area (Å²) in [5, 5.41) is 0. The minimum atomic E-state index is -0.103. The van der Waals surface area contributed by atoms with Crippen LogP contribution in [0.5, 0.6) is 0 Å². The van der Waals surface area contributed by atoms with Crippen LogP contribution in [0.15, 0.2) is 48.5 Å². The molecule has 0 saturated heterocycles. The molecule has 0 fully saturated rings. The van der Waals surface area contributed by atoms with Crippen LogP contribution in [0.25, 0.3) is 0 Å². The lowest BCUT2D eigenvalue weighted by atomic mass is 10.1. The molecular weight excluding hydrogens is 654 g/mol. The van der Waals surface area contributed by atoms with Gasteiger partial charge in [0.1, 0.15) is 0 Å². The van der Waals surface area contributed by atoms with Gasteiger partial charge in [-0.2, -0.15) is 0 Å². The van der Waals surface area contributed by atoms with E-state index in [9.17, 15) is 9.59 Å². The first-order chi connectivity index (χ1) is 16.5. The van der Waals surface area contributed by atoms with E-state index in [4.69, 9.17) is 9.47 Å². The highest BCUT2D eigenvalue weighted by atomic mass is 127. The van der Waals surface area contributed by atoms with Crippen molar-refractivity contribution < 1.29 is 19.1 Å². The summed E-state index contributed by atoms with van der Waals surface area (Å²) >= 11 is 4.56. The fraction of sp³-hybridized carbons (Fsp3) is 0.500. The second-order valence-electron chi connectivity index (χ2n) is 8.52. The maximum atomic E-state index is 11.8. The second-order valence-corrected chi connectivity index (χ2v) is 11.0. The van der Waals surface area contributed by atoms with Gasteiger partial charge in [0.15, 0.2) is 0 Å². The lowest BCUT2D eigenvalue weighted by Gasteiger charge is -2.06. The lowest BCUT2D eigenvalue weighted by molar-refractivity contribution is -0.144. The molecule has 2 aromatic carbocycles. The summed E-state index contributed by atoms with van der Waals surface area (Å²) in [5.74, 6) is -0.205. The second kappa shape index (κ2) is 18.2. The Kier molecular flexibility index (Phi) is 15.5. The fourth-order valence-corrected chi connectivity index (χ4v) is 4.30.